The van der Waals surface area contributed by atoms with Crippen LogP contribution in [0.1, 0.15) is 29.6 Å². The fourth-order valence-electron chi connectivity index (χ4n) is 2.19. The summed E-state index contributed by atoms with van der Waals surface area (Å²) in [6, 6.07) is 2.52. The van der Waals surface area contributed by atoms with E-state index in [1.54, 1.807) is 4.90 Å². The van der Waals surface area contributed by atoms with Gasteiger partial charge in [-0.1, -0.05) is 23.2 Å². The average molecular weight is 337 g/mol. The van der Waals surface area contributed by atoms with Crippen molar-refractivity contribution in [3.63, 3.8) is 0 Å². The molecule has 0 unspecified atom stereocenters. The van der Waals surface area contributed by atoms with E-state index in [1.807, 2.05) is 0 Å². The Labute approximate surface area is 127 Å². The van der Waals surface area contributed by atoms with Crippen molar-refractivity contribution in [2.75, 3.05) is 13.1 Å². The van der Waals surface area contributed by atoms with Crippen LogP contribution in [0, 0.1) is 0 Å². The summed E-state index contributed by atoms with van der Waals surface area (Å²) in [6.07, 6.45) is 2.92. The molecule has 1 amide bonds. The minimum atomic E-state index is -4.03. The van der Waals surface area contributed by atoms with Crippen molar-refractivity contribution >= 4 is 39.1 Å². The third kappa shape index (κ3) is 3.25. The molecule has 0 saturated carbocycles. The highest BCUT2D eigenvalue weighted by Gasteiger charge is 2.25. The SMILES string of the molecule is NS(=O)(=O)c1cc(Cl)cc(C(=O)N2CCCCC2)c1Cl. The number of nitrogens with two attached hydrogens (primary N) is 1. The van der Waals surface area contributed by atoms with E-state index in [0.29, 0.717) is 13.1 Å². The van der Waals surface area contributed by atoms with Gasteiger partial charge in [-0.2, -0.15) is 0 Å². The summed E-state index contributed by atoms with van der Waals surface area (Å²) in [7, 11) is -4.03. The summed E-state index contributed by atoms with van der Waals surface area (Å²) < 4.78 is 22.9. The number of nitrogens with zero attached hydrogens (tertiary/aromatic N) is 1. The largest absolute Gasteiger partial charge is 0.339 e. The van der Waals surface area contributed by atoms with Crippen LogP contribution in [0.2, 0.25) is 10.0 Å². The number of benzene rings is 1. The summed E-state index contributed by atoms with van der Waals surface area (Å²) in [6.45, 7) is 1.26. The molecule has 0 bridgehead atoms. The first-order chi connectivity index (χ1) is 9.30. The normalized spacial score (nSPS) is 16.2. The van der Waals surface area contributed by atoms with Crippen LogP contribution < -0.4 is 5.14 Å². The zero-order valence-electron chi connectivity index (χ0n) is 10.6. The van der Waals surface area contributed by atoms with E-state index in [0.717, 1.165) is 25.3 Å². The summed E-state index contributed by atoms with van der Waals surface area (Å²) in [5.74, 6) is -0.317. The zero-order chi connectivity index (χ0) is 14.9. The van der Waals surface area contributed by atoms with Crippen LogP contribution >= 0.6 is 23.2 Å². The highest BCUT2D eigenvalue weighted by atomic mass is 35.5. The van der Waals surface area contributed by atoms with Crippen LogP contribution in [0.4, 0.5) is 0 Å². The van der Waals surface area contributed by atoms with Crippen molar-refractivity contribution < 1.29 is 13.2 Å². The van der Waals surface area contributed by atoms with Gasteiger partial charge < -0.3 is 4.90 Å². The van der Waals surface area contributed by atoms with Gasteiger partial charge in [0, 0.05) is 18.1 Å². The number of halogens is 2. The second-order valence-electron chi connectivity index (χ2n) is 4.66. The van der Waals surface area contributed by atoms with Crippen molar-refractivity contribution in [1.29, 1.82) is 0 Å². The van der Waals surface area contributed by atoms with Gasteiger partial charge in [0.05, 0.1) is 10.6 Å². The molecule has 1 fully saturated rings. The lowest BCUT2D eigenvalue weighted by Crippen LogP contribution is -2.36. The summed E-state index contributed by atoms with van der Waals surface area (Å²) in [5.41, 5.74) is 0.0742. The number of likely N-dealkylation sites (tertiary alicyclic amines) is 1. The number of hydrogen-bond acceptors (Lipinski definition) is 3. The predicted molar refractivity (Wildman–Crippen MR) is 77.6 cm³/mol. The first kappa shape index (κ1) is 15.6. The van der Waals surface area contributed by atoms with Gasteiger partial charge in [-0.25, -0.2) is 13.6 Å². The average Bonchev–Trinajstić information content (AvgIpc) is 2.40. The molecule has 0 radical (unpaired) electrons. The monoisotopic (exact) mass is 336 g/mol. The molecule has 2 rings (SSSR count). The number of hydrogen-bond donors (Lipinski definition) is 1. The molecular weight excluding hydrogens is 323 g/mol. The van der Waals surface area contributed by atoms with Crippen LogP contribution in [-0.4, -0.2) is 32.3 Å². The van der Waals surface area contributed by atoms with Gasteiger partial charge in [-0.15, -0.1) is 0 Å². The molecule has 1 aromatic rings. The van der Waals surface area contributed by atoms with E-state index in [2.05, 4.69) is 0 Å². The fraction of sp³-hybridized carbons (Fsp3) is 0.417. The highest BCUT2D eigenvalue weighted by Crippen LogP contribution is 2.30. The minimum Gasteiger partial charge on any atom is -0.339 e. The number of rotatable bonds is 2. The van der Waals surface area contributed by atoms with E-state index in [4.69, 9.17) is 28.3 Å². The van der Waals surface area contributed by atoms with E-state index in [-0.39, 0.29) is 26.4 Å². The Morgan fingerprint density at radius 2 is 1.75 bits per heavy atom. The molecule has 1 aliphatic rings. The maximum atomic E-state index is 12.4. The van der Waals surface area contributed by atoms with Crippen LogP contribution in [-0.2, 0) is 10.0 Å². The van der Waals surface area contributed by atoms with E-state index in [9.17, 15) is 13.2 Å². The molecule has 2 N–H and O–H groups in total. The lowest BCUT2D eigenvalue weighted by molar-refractivity contribution is 0.0724. The molecular formula is C12H14Cl2N2O3S. The van der Waals surface area contributed by atoms with E-state index < -0.39 is 10.0 Å². The number of primary sulfonamides is 1. The molecule has 8 heteroatoms. The number of amides is 1. The van der Waals surface area contributed by atoms with Gasteiger partial charge >= 0.3 is 0 Å². The minimum absolute atomic E-state index is 0.0742. The van der Waals surface area contributed by atoms with Crippen LogP contribution in [0.15, 0.2) is 17.0 Å². The Hall–Kier alpha value is -0.820. The molecule has 0 spiro atoms. The van der Waals surface area contributed by atoms with Crippen molar-refractivity contribution in [1.82, 2.24) is 4.90 Å². The Morgan fingerprint density at radius 1 is 1.15 bits per heavy atom. The maximum Gasteiger partial charge on any atom is 0.255 e. The Balaban J connectivity index is 2.46. The van der Waals surface area contributed by atoms with Gasteiger partial charge in [0.1, 0.15) is 4.90 Å². The van der Waals surface area contributed by atoms with E-state index in [1.165, 1.54) is 6.07 Å². The number of carbonyl (C=O) groups excluding carboxylic acids is 1. The lowest BCUT2D eigenvalue weighted by Gasteiger charge is -2.27. The van der Waals surface area contributed by atoms with Crippen molar-refractivity contribution in [3.8, 4) is 0 Å². The van der Waals surface area contributed by atoms with Gasteiger partial charge in [-0.3, -0.25) is 4.79 Å². The topological polar surface area (TPSA) is 80.5 Å². The van der Waals surface area contributed by atoms with E-state index >= 15 is 0 Å². The maximum absolute atomic E-state index is 12.4. The van der Waals surface area contributed by atoms with Gasteiger partial charge in [0.2, 0.25) is 10.0 Å². The van der Waals surface area contributed by atoms with Crippen LogP contribution in [0.3, 0.4) is 0 Å². The van der Waals surface area contributed by atoms with Gasteiger partial charge in [0.15, 0.2) is 0 Å². The van der Waals surface area contributed by atoms with Gasteiger partial charge in [0.25, 0.3) is 5.91 Å². The molecule has 1 aromatic carbocycles. The fourth-order valence-corrected chi connectivity index (χ4v) is 3.64. The first-order valence-corrected chi connectivity index (χ1v) is 8.42. The second-order valence-corrected chi connectivity index (χ2v) is 7.01. The quantitative estimate of drug-likeness (QED) is 0.899. The van der Waals surface area contributed by atoms with Crippen molar-refractivity contribution in [3.05, 3.63) is 27.7 Å². The molecule has 0 atom stereocenters. The molecule has 1 heterocycles. The van der Waals surface area contributed by atoms with Gasteiger partial charge in [-0.05, 0) is 31.4 Å². The number of carbonyl (C=O) groups is 1. The summed E-state index contributed by atoms with van der Waals surface area (Å²) in [5, 5.41) is 5.01. The zero-order valence-corrected chi connectivity index (χ0v) is 12.9. The number of piperidine rings is 1. The molecule has 0 aromatic heterocycles. The number of sulfonamides is 1. The molecule has 110 valence electrons. The molecule has 5 nitrogen and oxygen atoms in total. The molecule has 0 aliphatic carbocycles. The standard InChI is InChI=1S/C12H14Cl2N2O3S/c13-8-6-9(11(14)10(7-8)20(15,18)19)12(17)16-4-2-1-3-5-16/h6-7H,1-5H2,(H2,15,18,19). The molecule has 20 heavy (non-hydrogen) atoms. The summed E-state index contributed by atoms with van der Waals surface area (Å²) in [4.78, 5) is 13.7. The Morgan fingerprint density at radius 3 is 2.30 bits per heavy atom. The van der Waals surface area contributed by atoms with Crippen LogP contribution in [0.5, 0.6) is 0 Å². The Bertz CT molecular complexity index is 640. The second kappa shape index (κ2) is 5.89. The third-order valence-corrected chi connectivity index (χ3v) is 4.86. The first-order valence-electron chi connectivity index (χ1n) is 6.12. The molecule has 1 saturated heterocycles. The van der Waals surface area contributed by atoms with Crippen LogP contribution in [0.25, 0.3) is 0 Å². The van der Waals surface area contributed by atoms with Crippen molar-refractivity contribution in [2.45, 2.75) is 24.2 Å². The summed E-state index contributed by atoms with van der Waals surface area (Å²) >= 11 is 11.9. The Kier molecular flexibility index (Phi) is 4.59. The molecule has 1 aliphatic heterocycles. The predicted octanol–water partition coefficient (Wildman–Crippen LogP) is 2.27. The smallest absolute Gasteiger partial charge is 0.255 e. The highest BCUT2D eigenvalue weighted by molar-refractivity contribution is 7.89. The lowest BCUT2D eigenvalue weighted by atomic mass is 10.1. The third-order valence-electron chi connectivity index (χ3n) is 3.18. The van der Waals surface area contributed by atoms with Crippen molar-refractivity contribution in [2.24, 2.45) is 5.14 Å².